The second kappa shape index (κ2) is 7.07. The van der Waals surface area contributed by atoms with E-state index in [1.165, 1.54) is 12.8 Å². The summed E-state index contributed by atoms with van der Waals surface area (Å²) in [6, 6.07) is 0. The van der Waals surface area contributed by atoms with Gasteiger partial charge in [0.2, 0.25) is 0 Å². The average Bonchev–Trinajstić information content (AvgIpc) is 2.98. The Kier molecular flexibility index (Phi) is 5.12. The van der Waals surface area contributed by atoms with Crippen LogP contribution in [0.5, 0.6) is 0 Å². The molecule has 5 nitrogen and oxygen atoms in total. The highest BCUT2D eigenvalue weighted by Gasteiger charge is 2.20. The average molecular weight is 262 g/mol. The maximum atomic E-state index is 12.1. The molecule has 1 saturated heterocycles. The molecule has 1 N–H and O–H groups in total. The van der Waals surface area contributed by atoms with E-state index >= 15 is 0 Å². The van der Waals surface area contributed by atoms with Gasteiger partial charge in [-0.25, -0.2) is 9.97 Å². The van der Waals surface area contributed by atoms with Crippen molar-refractivity contribution in [2.45, 2.75) is 39.0 Å². The largest absolute Gasteiger partial charge is 0.369 e. The predicted octanol–water partition coefficient (Wildman–Crippen LogP) is 2.31. The van der Waals surface area contributed by atoms with Gasteiger partial charge >= 0.3 is 0 Å². The zero-order valence-corrected chi connectivity index (χ0v) is 11.6. The number of amides is 1. The van der Waals surface area contributed by atoms with Crippen LogP contribution in [-0.4, -0.2) is 40.4 Å². The zero-order valence-electron chi connectivity index (χ0n) is 11.6. The van der Waals surface area contributed by atoms with Gasteiger partial charge in [0.15, 0.2) is 0 Å². The van der Waals surface area contributed by atoms with Crippen LogP contribution in [0.4, 0.5) is 5.82 Å². The van der Waals surface area contributed by atoms with E-state index in [9.17, 15) is 4.79 Å². The third-order valence-corrected chi connectivity index (χ3v) is 3.35. The lowest BCUT2D eigenvalue weighted by Gasteiger charge is -2.14. The topological polar surface area (TPSA) is 58.1 Å². The number of carbonyl (C=O) groups excluding carboxylic acids is 1. The molecule has 1 aromatic rings. The molecule has 1 amide bonds. The highest BCUT2D eigenvalue weighted by Crippen LogP contribution is 2.11. The molecule has 0 bridgehead atoms. The van der Waals surface area contributed by atoms with Gasteiger partial charge in [-0.15, -0.1) is 0 Å². The Morgan fingerprint density at radius 1 is 1.26 bits per heavy atom. The van der Waals surface area contributed by atoms with Crippen molar-refractivity contribution < 1.29 is 4.79 Å². The number of hydrogen-bond donors (Lipinski definition) is 1. The van der Waals surface area contributed by atoms with Gasteiger partial charge in [0.05, 0.1) is 12.4 Å². The third-order valence-electron chi connectivity index (χ3n) is 3.35. The number of rotatable bonds is 6. The Balaban J connectivity index is 1.85. The van der Waals surface area contributed by atoms with Crippen LogP contribution in [0.15, 0.2) is 12.4 Å². The number of hydrogen-bond acceptors (Lipinski definition) is 4. The van der Waals surface area contributed by atoms with E-state index in [0.717, 1.165) is 44.7 Å². The van der Waals surface area contributed by atoms with Crippen LogP contribution in [0.25, 0.3) is 0 Å². The van der Waals surface area contributed by atoms with Crippen molar-refractivity contribution in [2.75, 3.05) is 25.0 Å². The number of anilines is 1. The summed E-state index contributed by atoms with van der Waals surface area (Å²) in [5, 5.41) is 3.22. The Bertz CT molecular complexity index is 398. The van der Waals surface area contributed by atoms with Crippen LogP contribution in [0, 0.1) is 0 Å². The lowest BCUT2D eigenvalue weighted by Crippen LogP contribution is -2.28. The lowest BCUT2D eigenvalue weighted by molar-refractivity contribution is 0.0786. The Labute approximate surface area is 114 Å². The summed E-state index contributed by atoms with van der Waals surface area (Å²) >= 11 is 0. The first-order chi connectivity index (χ1) is 9.31. The molecule has 0 aromatic carbocycles. The molecule has 2 rings (SSSR count). The van der Waals surface area contributed by atoms with E-state index in [-0.39, 0.29) is 5.91 Å². The van der Waals surface area contributed by atoms with E-state index < -0.39 is 0 Å². The van der Waals surface area contributed by atoms with Crippen molar-refractivity contribution in [3.8, 4) is 0 Å². The minimum Gasteiger partial charge on any atom is -0.369 e. The summed E-state index contributed by atoms with van der Waals surface area (Å²) < 4.78 is 0. The number of likely N-dealkylation sites (tertiary alicyclic amines) is 1. The van der Waals surface area contributed by atoms with Gasteiger partial charge in [-0.2, -0.15) is 0 Å². The van der Waals surface area contributed by atoms with Crippen molar-refractivity contribution in [3.05, 3.63) is 18.1 Å². The van der Waals surface area contributed by atoms with E-state index in [4.69, 9.17) is 0 Å². The van der Waals surface area contributed by atoms with Crippen molar-refractivity contribution in [3.63, 3.8) is 0 Å². The third kappa shape index (κ3) is 3.91. The van der Waals surface area contributed by atoms with Crippen LogP contribution >= 0.6 is 0 Å². The number of aromatic nitrogens is 2. The fraction of sp³-hybridized carbons (Fsp3) is 0.643. The first-order valence-electron chi connectivity index (χ1n) is 7.16. The van der Waals surface area contributed by atoms with Gasteiger partial charge in [-0.3, -0.25) is 4.79 Å². The zero-order chi connectivity index (χ0) is 13.5. The fourth-order valence-corrected chi connectivity index (χ4v) is 2.20. The second-order valence-electron chi connectivity index (χ2n) is 4.92. The van der Waals surface area contributed by atoms with Crippen molar-refractivity contribution in [1.82, 2.24) is 14.9 Å². The number of nitrogens with one attached hydrogen (secondary N) is 1. The Morgan fingerprint density at radius 2 is 2.05 bits per heavy atom. The highest BCUT2D eigenvalue weighted by atomic mass is 16.2. The molecule has 0 spiro atoms. The van der Waals surface area contributed by atoms with Crippen molar-refractivity contribution >= 4 is 11.7 Å². The van der Waals surface area contributed by atoms with Gasteiger partial charge in [0.25, 0.3) is 5.91 Å². The highest BCUT2D eigenvalue weighted by molar-refractivity contribution is 5.92. The monoisotopic (exact) mass is 262 g/mol. The standard InChI is InChI=1S/C14H22N4O/c1-2-3-4-7-15-13-11-16-12(10-17-13)14(19)18-8-5-6-9-18/h10-11H,2-9H2,1H3,(H,15,17). The summed E-state index contributed by atoms with van der Waals surface area (Å²) in [6.45, 7) is 4.77. The normalized spacial score (nSPS) is 14.7. The first kappa shape index (κ1) is 13.8. The Hall–Kier alpha value is -1.65. The molecule has 0 saturated carbocycles. The summed E-state index contributed by atoms with van der Waals surface area (Å²) in [7, 11) is 0. The van der Waals surface area contributed by atoms with E-state index in [0.29, 0.717) is 5.69 Å². The number of unbranched alkanes of at least 4 members (excludes halogenated alkanes) is 2. The van der Waals surface area contributed by atoms with Crippen LogP contribution in [-0.2, 0) is 0 Å². The van der Waals surface area contributed by atoms with Gasteiger partial charge in [0, 0.05) is 19.6 Å². The molecule has 1 fully saturated rings. The van der Waals surface area contributed by atoms with Gasteiger partial charge in [0.1, 0.15) is 11.5 Å². The molecule has 2 heterocycles. The summed E-state index contributed by atoms with van der Waals surface area (Å²) in [5.74, 6) is 0.747. The molecule has 1 aliphatic rings. The second-order valence-corrected chi connectivity index (χ2v) is 4.92. The molecule has 0 atom stereocenters. The Morgan fingerprint density at radius 3 is 2.68 bits per heavy atom. The molecule has 104 valence electrons. The van der Waals surface area contributed by atoms with E-state index in [1.807, 2.05) is 4.90 Å². The summed E-state index contributed by atoms with van der Waals surface area (Å²) in [5.41, 5.74) is 0.445. The maximum Gasteiger partial charge on any atom is 0.274 e. The fourth-order valence-electron chi connectivity index (χ4n) is 2.20. The van der Waals surface area contributed by atoms with Crippen LogP contribution < -0.4 is 5.32 Å². The van der Waals surface area contributed by atoms with Crippen LogP contribution in [0.1, 0.15) is 49.5 Å². The van der Waals surface area contributed by atoms with E-state index in [2.05, 4.69) is 22.2 Å². The van der Waals surface area contributed by atoms with Gasteiger partial charge in [-0.1, -0.05) is 19.8 Å². The first-order valence-corrected chi connectivity index (χ1v) is 7.16. The molecule has 5 heteroatoms. The SMILES string of the molecule is CCCCCNc1cnc(C(=O)N2CCCC2)cn1. The van der Waals surface area contributed by atoms with Gasteiger partial charge < -0.3 is 10.2 Å². The number of carbonyl (C=O) groups is 1. The van der Waals surface area contributed by atoms with Crippen LogP contribution in [0.2, 0.25) is 0 Å². The maximum absolute atomic E-state index is 12.1. The molecule has 0 unspecified atom stereocenters. The predicted molar refractivity (Wildman–Crippen MR) is 75.2 cm³/mol. The van der Waals surface area contributed by atoms with Gasteiger partial charge in [-0.05, 0) is 19.3 Å². The molecule has 0 aliphatic carbocycles. The van der Waals surface area contributed by atoms with E-state index in [1.54, 1.807) is 12.4 Å². The van der Waals surface area contributed by atoms with Crippen molar-refractivity contribution in [1.29, 1.82) is 0 Å². The van der Waals surface area contributed by atoms with Crippen molar-refractivity contribution in [2.24, 2.45) is 0 Å². The number of nitrogens with zero attached hydrogens (tertiary/aromatic N) is 3. The van der Waals surface area contributed by atoms with Crippen LogP contribution in [0.3, 0.4) is 0 Å². The quantitative estimate of drug-likeness (QED) is 0.799. The smallest absolute Gasteiger partial charge is 0.274 e. The minimum absolute atomic E-state index is 0.00235. The molecule has 1 aliphatic heterocycles. The minimum atomic E-state index is 0.00235. The molecular weight excluding hydrogens is 240 g/mol. The molecular formula is C14H22N4O. The summed E-state index contributed by atoms with van der Waals surface area (Å²) in [4.78, 5) is 22.4. The molecule has 1 aromatic heterocycles. The lowest BCUT2D eigenvalue weighted by atomic mass is 10.2. The molecule has 19 heavy (non-hydrogen) atoms. The summed E-state index contributed by atoms with van der Waals surface area (Å²) in [6.07, 6.45) is 8.96. The molecule has 0 radical (unpaired) electrons.